The van der Waals surface area contributed by atoms with Gasteiger partial charge in [-0.15, -0.1) is 0 Å². The molecule has 1 amide bonds. The molecule has 1 aromatic rings. The lowest BCUT2D eigenvalue weighted by Crippen LogP contribution is -2.57. The van der Waals surface area contributed by atoms with E-state index in [0.717, 1.165) is 29.4 Å². The van der Waals surface area contributed by atoms with Crippen molar-refractivity contribution in [3.8, 4) is 0 Å². The normalized spacial score (nSPS) is 18.9. The van der Waals surface area contributed by atoms with E-state index in [2.05, 4.69) is 34.6 Å². The van der Waals surface area contributed by atoms with Crippen LogP contribution in [0.15, 0.2) is 30.3 Å². The summed E-state index contributed by atoms with van der Waals surface area (Å²) in [6.07, 6.45) is -0.0109. The monoisotopic (exact) mass is 453 g/mol. The van der Waals surface area contributed by atoms with Crippen LogP contribution >= 0.6 is 24.0 Å². The largest absolute Gasteiger partial charge is 0.410 e. The second-order valence-corrected chi connectivity index (χ2v) is 14.5. The van der Waals surface area contributed by atoms with Crippen LogP contribution in [0.3, 0.4) is 0 Å². The first-order chi connectivity index (χ1) is 13.7. The molecule has 0 radical (unpaired) electrons. The Kier molecular flexibility index (Phi) is 8.91. The number of thiocarbonyl (C=S) groups is 1. The van der Waals surface area contributed by atoms with Gasteiger partial charge in [0, 0.05) is 12.9 Å². The van der Waals surface area contributed by atoms with Crippen LogP contribution in [0, 0.1) is 0 Å². The van der Waals surface area contributed by atoms with Gasteiger partial charge in [0.1, 0.15) is 4.32 Å². The first-order valence-electron chi connectivity index (χ1n) is 10.5. The summed E-state index contributed by atoms with van der Waals surface area (Å²) in [7, 11) is -0.164. The molecule has 2 rings (SSSR count). The van der Waals surface area contributed by atoms with Gasteiger partial charge in [0.2, 0.25) is 5.91 Å². The van der Waals surface area contributed by atoms with E-state index in [1.165, 1.54) is 0 Å². The lowest BCUT2D eigenvalue weighted by atomic mass is 9.98. The first kappa shape index (κ1) is 24.5. The molecule has 0 unspecified atom stereocenters. The fraction of sp³-hybridized carbons (Fsp3) is 0.636. The van der Waals surface area contributed by atoms with Crippen molar-refractivity contribution in [1.82, 2.24) is 4.90 Å². The Morgan fingerprint density at radius 3 is 2.34 bits per heavy atom. The number of carbonyl (C=O) groups excluding carboxylic acids is 1. The Hall–Kier alpha value is -0.733. The molecule has 7 heteroatoms. The van der Waals surface area contributed by atoms with Crippen molar-refractivity contribution >= 4 is 42.5 Å². The van der Waals surface area contributed by atoms with Gasteiger partial charge in [-0.2, -0.15) is 0 Å². The maximum atomic E-state index is 13.3. The highest BCUT2D eigenvalue weighted by molar-refractivity contribution is 8.23. The predicted molar refractivity (Wildman–Crippen MR) is 129 cm³/mol. The fourth-order valence-corrected chi connectivity index (χ4v) is 8.90. The third-order valence-electron chi connectivity index (χ3n) is 6.17. The molecule has 162 valence electrons. The zero-order chi connectivity index (χ0) is 21.7. The van der Waals surface area contributed by atoms with Crippen LogP contribution < -0.4 is 0 Å². The van der Waals surface area contributed by atoms with Crippen molar-refractivity contribution in [2.24, 2.45) is 0 Å². The van der Waals surface area contributed by atoms with Gasteiger partial charge in [0.15, 0.2) is 8.32 Å². The number of benzene rings is 1. The van der Waals surface area contributed by atoms with Gasteiger partial charge in [0.25, 0.3) is 0 Å². The molecule has 29 heavy (non-hydrogen) atoms. The number of rotatable bonds is 10. The predicted octanol–water partition coefficient (Wildman–Crippen LogP) is 5.79. The molecular weight excluding hydrogens is 418 g/mol. The maximum Gasteiger partial charge on any atom is 0.231 e. The Morgan fingerprint density at radius 1 is 1.24 bits per heavy atom. The summed E-state index contributed by atoms with van der Waals surface area (Å²) in [5, 5.41) is 0. The van der Waals surface area contributed by atoms with Crippen LogP contribution in [0.5, 0.6) is 0 Å². The molecule has 0 aliphatic carbocycles. The van der Waals surface area contributed by atoms with Gasteiger partial charge >= 0.3 is 0 Å². The number of thioether (sulfide) groups is 1. The molecule has 1 aliphatic rings. The summed E-state index contributed by atoms with van der Waals surface area (Å²) >= 11 is 7.16. The summed E-state index contributed by atoms with van der Waals surface area (Å²) in [6.45, 7) is 10.9. The number of methoxy groups -OCH3 is 1. The molecule has 4 nitrogen and oxygen atoms in total. The Morgan fingerprint density at radius 2 is 1.83 bits per heavy atom. The molecular formula is C22H35NO3S2Si. The van der Waals surface area contributed by atoms with Crippen molar-refractivity contribution in [1.29, 1.82) is 0 Å². The topological polar surface area (TPSA) is 38.8 Å². The number of hydrogen-bond acceptors (Lipinski definition) is 5. The van der Waals surface area contributed by atoms with Crippen molar-refractivity contribution in [3.63, 3.8) is 0 Å². The number of ether oxygens (including phenoxy) is 1. The van der Waals surface area contributed by atoms with Crippen LogP contribution in [0.1, 0.15) is 52.7 Å². The van der Waals surface area contributed by atoms with E-state index in [4.69, 9.17) is 21.4 Å². The molecule has 0 bridgehead atoms. The summed E-state index contributed by atoms with van der Waals surface area (Å²) in [5.41, 5.74) is 0.565. The van der Waals surface area contributed by atoms with E-state index in [1.54, 1.807) is 23.8 Å². The maximum absolute atomic E-state index is 13.3. The van der Waals surface area contributed by atoms with Crippen molar-refractivity contribution in [2.75, 3.05) is 12.9 Å². The van der Waals surface area contributed by atoms with E-state index in [-0.39, 0.29) is 24.5 Å². The van der Waals surface area contributed by atoms with E-state index >= 15 is 0 Å². The Balaban J connectivity index is 2.21. The van der Waals surface area contributed by atoms with Crippen molar-refractivity contribution in [3.05, 3.63) is 35.9 Å². The average Bonchev–Trinajstić information content (AvgIpc) is 3.13. The van der Waals surface area contributed by atoms with Crippen LogP contribution in [0.4, 0.5) is 0 Å². The van der Waals surface area contributed by atoms with Crippen LogP contribution in [0.25, 0.3) is 0 Å². The summed E-state index contributed by atoms with van der Waals surface area (Å²) in [6, 6.07) is 13.1. The van der Waals surface area contributed by atoms with Crippen LogP contribution in [0.2, 0.25) is 18.1 Å². The summed E-state index contributed by atoms with van der Waals surface area (Å²) < 4.78 is 13.1. The third-order valence-corrected chi connectivity index (χ3v) is 12.5. The van der Waals surface area contributed by atoms with Crippen molar-refractivity contribution < 1.29 is 14.0 Å². The highest BCUT2D eigenvalue weighted by Gasteiger charge is 2.47. The SMILES string of the molecule is CC[Si](CC)(CC)OC(C)(C)[C@@H]1CSC(=S)N1C(=O)C[C@@H](OC)c1ccccc1. The minimum Gasteiger partial charge on any atom is -0.410 e. The zero-order valence-electron chi connectivity index (χ0n) is 18.6. The quantitative estimate of drug-likeness (QED) is 0.331. The zero-order valence-corrected chi connectivity index (χ0v) is 21.2. The fourth-order valence-electron chi connectivity index (χ4n) is 4.06. The second-order valence-electron chi connectivity index (χ2n) is 8.14. The number of amides is 1. The number of hydrogen-bond donors (Lipinski definition) is 0. The minimum absolute atomic E-state index is 0.00846. The minimum atomic E-state index is -1.81. The molecule has 1 aromatic carbocycles. The van der Waals surface area contributed by atoms with Gasteiger partial charge in [0.05, 0.1) is 24.2 Å². The summed E-state index contributed by atoms with van der Waals surface area (Å²) in [4.78, 5) is 15.1. The van der Waals surface area contributed by atoms with Crippen LogP contribution in [-0.2, 0) is 14.0 Å². The van der Waals surface area contributed by atoms with Gasteiger partial charge in [-0.3, -0.25) is 9.69 Å². The van der Waals surface area contributed by atoms with Gasteiger partial charge in [-0.25, -0.2) is 0 Å². The molecule has 2 atom stereocenters. The third kappa shape index (κ3) is 5.70. The van der Waals surface area contributed by atoms with Gasteiger partial charge < -0.3 is 9.16 Å². The summed E-state index contributed by atoms with van der Waals surface area (Å²) in [5.74, 6) is 0.788. The Labute approximate surface area is 186 Å². The van der Waals surface area contributed by atoms with Gasteiger partial charge in [-0.1, -0.05) is 75.1 Å². The van der Waals surface area contributed by atoms with E-state index < -0.39 is 13.9 Å². The highest BCUT2D eigenvalue weighted by Crippen LogP contribution is 2.38. The van der Waals surface area contributed by atoms with Crippen molar-refractivity contribution in [2.45, 2.75) is 76.9 Å². The standard InChI is InChI=1S/C22H35NO3S2Si/c1-7-29(8-2,9-3)26-22(4,5)19-16-28-21(27)23(19)20(24)15-18(25-6)17-13-11-10-12-14-17/h10-14,18-19H,7-9,15-16H2,1-6H3/t18-,19+/m1/s1. The molecule has 0 N–H and O–H groups in total. The molecule has 0 saturated carbocycles. The molecule has 1 heterocycles. The van der Waals surface area contributed by atoms with E-state index in [9.17, 15) is 4.79 Å². The first-order valence-corrected chi connectivity index (χ1v) is 14.4. The average molecular weight is 454 g/mol. The second kappa shape index (κ2) is 10.5. The van der Waals surface area contributed by atoms with E-state index in [1.807, 2.05) is 30.3 Å². The number of carbonyl (C=O) groups is 1. The van der Waals surface area contributed by atoms with E-state index in [0.29, 0.717) is 4.32 Å². The molecule has 1 fully saturated rings. The molecule has 0 aromatic heterocycles. The smallest absolute Gasteiger partial charge is 0.231 e. The lowest BCUT2D eigenvalue weighted by Gasteiger charge is -2.44. The van der Waals surface area contributed by atoms with Crippen LogP contribution in [-0.4, -0.2) is 48.0 Å². The molecule has 0 spiro atoms. The lowest BCUT2D eigenvalue weighted by molar-refractivity contribution is -0.134. The highest BCUT2D eigenvalue weighted by atomic mass is 32.2. The van der Waals surface area contributed by atoms with Gasteiger partial charge in [-0.05, 0) is 37.5 Å². The molecule has 1 saturated heterocycles. The number of nitrogens with zero attached hydrogens (tertiary/aromatic N) is 1. The molecule has 1 aliphatic heterocycles. The Bertz CT molecular complexity index is 686.